The van der Waals surface area contributed by atoms with Gasteiger partial charge in [-0.05, 0) is 20.3 Å². The Bertz CT molecular complexity index is 383. The van der Waals surface area contributed by atoms with E-state index in [1.165, 1.54) is 0 Å². The van der Waals surface area contributed by atoms with Crippen molar-refractivity contribution in [2.24, 2.45) is 11.3 Å². The Morgan fingerprint density at radius 2 is 2.11 bits per heavy atom. The van der Waals surface area contributed by atoms with Gasteiger partial charge in [-0.2, -0.15) is 0 Å². The minimum atomic E-state index is -0.956. The minimum absolute atomic E-state index is 0.0147. The maximum absolute atomic E-state index is 12.0. The fourth-order valence-electron chi connectivity index (χ4n) is 2.03. The van der Waals surface area contributed by atoms with Crippen LogP contribution in [0.1, 0.15) is 33.6 Å². The number of nitrogens with one attached hydrogen (secondary N) is 1. The van der Waals surface area contributed by atoms with Gasteiger partial charge in [-0.25, -0.2) is 0 Å². The molecule has 0 aromatic rings. The zero-order valence-corrected chi connectivity index (χ0v) is 11.7. The van der Waals surface area contributed by atoms with Gasteiger partial charge in [-0.15, -0.1) is 0 Å². The van der Waals surface area contributed by atoms with Crippen molar-refractivity contribution in [3.8, 4) is 0 Å². The monoisotopic (exact) mass is 270 g/mol. The van der Waals surface area contributed by atoms with Crippen LogP contribution in [-0.2, 0) is 14.4 Å². The molecule has 0 bridgehead atoms. The summed E-state index contributed by atoms with van der Waals surface area (Å²) in [5, 5.41) is 11.8. The zero-order chi connectivity index (χ0) is 14.6. The Morgan fingerprint density at radius 3 is 2.53 bits per heavy atom. The van der Waals surface area contributed by atoms with Gasteiger partial charge < -0.3 is 15.3 Å². The number of carbonyl (C=O) groups is 3. The van der Waals surface area contributed by atoms with Crippen LogP contribution in [0.5, 0.6) is 0 Å². The Kier molecular flexibility index (Phi) is 4.91. The van der Waals surface area contributed by atoms with Crippen molar-refractivity contribution < 1.29 is 19.5 Å². The van der Waals surface area contributed by atoms with Crippen molar-refractivity contribution in [3.05, 3.63) is 0 Å². The first-order valence-electron chi connectivity index (χ1n) is 6.63. The molecule has 0 radical (unpaired) electrons. The standard InChI is InChI=1S/C13H22N2O4/c1-4-13(3,12(18)19)8-14-11(17)9-6-10(16)15(5-2)7-9/h9H,4-8H2,1-3H3,(H,14,17)(H,18,19). The molecule has 6 heteroatoms. The Hall–Kier alpha value is -1.59. The number of nitrogens with zero attached hydrogens (tertiary/aromatic N) is 1. The van der Waals surface area contributed by atoms with E-state index in [1.807, 2.05) is 6.92 Å². The molecular weight excluding hydrogens is 248 g/mol. The molecule has 1 saturated heterocycles. The summed E-state index contributed by atoms with van der Waals surface area (Å²) < 4.78 is 0. The predicted molar refractivity (Wildman–Crippen MR) is 69.4 cm³/mol. The summed E-state index contributed by atoms with van der Waals surface area (Å²) in [6.07, 6.45) is 0.656. The van der Waals surface area contributed by atoms with E-state index in [-0.39, 0.29) is 30.7 Å². The lowest BCUT2D eigenvalue weighted by atomic mass is 9.87. The Labute approximate surface area is 113 Å². The number of hydrogen-bond acceptors (Lipinski definition) is 3. The number of carboxylic acid groups (broad SMARTS) is 1. The molecule has 6 nitrogen and oxygen atoms in total. The highest BCUT2D eigenvalue weighted by Crippen LogP contribution is 2.21. The van der Waals surface area contributed by atoms with E-state index in [4.69, 9.17) is 5.11 Å². The summed E-state index contributed by atoms with van der Waals surface area (Å²) in [4.78, 5) is 36.3. The first-order valence-corrected chi connectivity index (χ1v) is 6.63. The summed E-state index contributed by atoms with van der Waals surface area (Å²) in [7, 11) is 0. The van der Waals surface area contributed by atoms with Crippen LogP contribution in [0.3, 0.4) is 0 Å². The van der Waals surface area contributed by atoms with Gasteiger partial charge in [0.2, 0.25) is 11.8 Å². The molecule has 0 aromatic carbocycles. The lowest BCUT2D eigenvalue weighted by molar-refractivity contribution is -0.148. The van der Waals surface area contributed by atoms with Crippen LogP contribution >= 0.6 is 0 Å². The van der Waals surface area contributed by atoms with Crippen LogP contribution in [0.2, 0.25) is 0 Å². The van der Waals surface area contributed by atoms with Crippen LogP contribution in [0.15, 0.2) is 0 Å². The van der Waals surface area contributed by atoms with Crippen LogP contribution in [0, 0.1) is 11.3 Å². The van der Waals surface area contributed by atoms with Crippen LogP contribution < -0.4 is 5.32 Å². The quantitative estimate of drug-likeness (QED) is 0.734. The lowest BCUT2D eigenvalue weighted by Gasteiger charge is -2.24. The highest BCUT2D eigenvalue weighted by molar-refractivity contribution is 5.89. The van der Waals surface area contributed by atoms with E-state index in [2.05, 4.69) is 5.32 Å². The predicted octanol–water partition coefficient (Wildman–Crippen LogP) is 0.472. The number of amides is 2. The molecule has 2 N–H and O–H groups in total. The van der Waals surface area contributed by atoms with Gasteiger partial charge in [0.25, 0.3) is 0 Å². The van der Waals surface area contributed by atoms with Crippen LogP contribution in [-0.4, -0.2) is 47.4 Å². The lowest BCUT2D eigenvalue weighted by Crippen LogP contribution is -2.43. The summed E-state index contributed by atoms with van der Waals surface area (Å²) in [5.74, 6) is -1.53. The minimum Gasteiger partial charge on any atom is -0.481 e. The van der Waals surface area contributed by atoms with Gasteiger partial charge in [0.05, 0.1) is 11.3 Å². The molecule has 1 aliphatic heterocycles. The van der Waals surface area contributed by atoms with Gasteiger partial charge in [-0.1, -0.05) is 6.92 Å². The van der Waals surface area contributed by atoms with E-state index >= 15 is 0 Å². The highest BCUT2D eigenvalue weighted by atomic mass is 16.4. The van der Waals surface area contributed by atoms with E-state index < -0.39 is 11.4 Å². The molecule has 0 spiro atoms. The van der Waals surface area contributed by atoms with Crippen molar-refractivity contribution >= 4 is 17.8 Å². The number of rotatable bonds is 6. The third-order valence-electron chi connectivity index (χ3n) is 3.92. The summed E-state index contributed by atoms with van der Waals surface area (Å²) in [5.41, 5.74) is -0.956. The molecule has 1 rings (SSSR count). The van der Waals surface area contributed by atoms with E-state index in [0.29, 0.717) is 19.5 Å². The third kappa shape index (κ3) is 3.45. The average molecular weight is 270 g/mol. The highest BCUT2D eigenvalue weighted by Gasteiger charge is 2.36. The normalized spacial score (nSPS) is 22.2. The SMILES string of the molecule is CCN1CC(C(=O)NCC(C)(CC)C(=O)O)CC1=O. The summed E-state index contributed by atoms with van der Waals surface area (Å²) in [6, 6.07) is 0. The summed E-state index contributed by atoms with van der Waals surface area (Å²) in [6.45, 7) is 6.37. The smallest absolute Gasteiger partial charge is 0.311 e. The fraction of sp³-hybridized carbons (Fsp3) is 0.769. The first-order chi connectivity index (χ1) is 8.84. The molecular formula is C13H22N2O4. The Balaban J connectivity index is 2.53. The molecule has 1 heterocycles. The number of hydrogen-bond donors (Lipinski definition) is 2. The average Bonchev–Trinajstić information content (AvgIpc) is 2.76. The topological polar surface area (TPSA) is 86.7 Å². The maximum atomic E-state index is 12.0. The second kappa shape index (κ2) is 6.04. The number of aliphatic carboxylic acids is 1. The molecule has 0 aromatic heterocycles. The molecule has 19 heavy (non-hydrogen) atoms. The van der Waals surface area contributed by atoms with Crippen molar-refractivity contribution in [1.29, 1.82) is 0 Å². The third-order valence-corrected chi connectivity index (χ3v) is 3.92. The second-order valence-electron chi connectivity index (χ2n) is 5.27. The largest absolute Gasteiger partial charge is 0.481 e. The summed E-state index contributed by atoms with van der Waals surface area (Å²) >= 11 is 0. The van der Waals surface area contributed by atoms with E-state index in [9.17, 15) is 14.4 Å². The van der Waals surface area contributed by atoms with Gasteiger partial charge in [0.15, 0.2) is 0 Å². The number of carboxylic acids is 1. The molecule has 2 unspecified atom stereocenters. The Morgan fingerprint density at radius 1 is 1.47 bits per heavy atom. The molecule has 108 valence electrons. The maximum Gasteiger partial charge on any atom is 0.311 e. The molecule has 0 saturated carbocycles. The van der Waals surface area contributed by atoms with Gasteiger partial charge in [0, 0.05) is 26.1 Å². The second-order valence-corrected chi connectivity index (χ2v) is 5.27. The molecule has 1 fully saturated rings. The van der Waals surface area contributed by atoms with Crippen LogP contribution in [0.25, 0.3) is 0 Å². The van der Waals surface area contributed by atoms with Crippen molar-refractivity contribution in [2.45, 2.75) is 33.6 Å². The molecule has 0 aliphatic carbocycles. The van der Waals surface area contributed by atoms with Gasteiger partial charge in [0.1, 0.15) is 0 Å². The van der Waals surface area contributed by atoms with Gasteiger partial charge >= 0.3 is 5.97 Å². The molecule has 2 amide bonds. The van der Waals surface area contributed by atoms with Crippen molar-refractivity contribution in [3.63, 3.8) is 0 Å². The zero-order valence-electron chi connectivity index (χ0n) is 11.7. The molecule has 1 aliphatic rings. The first kappa shape index (κ1) is 15.5. The van der Waals surface area contributed by atoms with E-state index in [1.54, 1.807) is 18.7 Å². The van der Waals surface area contributed by atoms with Crippen LogP contribution in [0.4, 0.5) is 0 Å². The van der Waals surface area contributed by atoms with Gasteiger partial charge in [-0.3, -0.25) is 14.4 Å². The number of carbonyl (C=O) groups excluding carboxylic acids is 2. The fourth-order valence-corrected chi connectivity index (χ4v) is 2.03. The van der Waals surface area contributed by atoms with E-state index in [0.717, 1.165) is 0 Å². The number of likely N-dealkylation sites (tertiary alicyclic amines) is 1. The molecule has 2 atom stereocenters. The van der Waals surface area contributed by atoms with Crippen molar-refractivity contribution in [1.82, 2.24) is 10.2 Å². The van der Waals surface area contributed by atoms with Crippen molar-refractivity contribution in [2.75, 3.05) is 19.6 Å².